The van der Waals surface area contributed by atoms with Crippen LogP contribution in [0.15, 0.2) is 59.5 Å². The van der Waals surface area contributed by atoms with Gasteiger partial charge in [-0.05, 0) is 50.6 Å². The van der Waals surface area contributed by atoms with E-state index in [-0.39, 0.29) is 36.2 Å². The van der Waals surface area contributed by atoms with Crippen LogP contribution in [0.25, 0.3) is 16.6 Å². The lowest BCUT2D eigenvalue weighted by Gasteiger charge is -2.45. The van der Waals surface area contributed by atoms with Gasteiger partial charge in [0.05, 0.1) is 32.2 Å². The van der Waals surface area contributed by atoms with Crippen LogP contribution in [0.5, 0.6) is 11.5 Å². The van der Waals surface area contributed by atoms with Crippen LogP contribution in [0.4, 0.5) is 10.5 Å². The lowest BCUT2D eigenvalue weighted by atomic mass is 9.78. The quantitative estimate of drug-likeness (QED) is 0.311. The van der Waals surface area contributed by atoms with Gasteiger partial charge in [-0.2, -0.15) is 0 Å². The zero-order chi connectivity index (χ0) is 32.8. The van der Waals surface area contributed by atoms with E-state index in [4.69, 9.17) is 14.2 Å². The summed E-state index contributed by atoms with van der Waals surface area (Å²) in [5.74, 6) is -1.72. The fourth-order valence-electron chi connectivity index (χ4n) is 5.97. The smallest absolute Gasteiger partial charge is 0.414 e. The number of aliphatic hydroxyl groups is 2. The lowest BCUT2D eigenvalue weighted by molar-refractivity contribution is -0.150. The molecule has 0 radical (unpaired) electrons. The summed E-state index contributed by atoms with van der Waals surface area (Å²) in [6.07, 6.45) is 0.773. The van der Waals surface area contributed by atoms with Crippen molar-refractivity contribution in [1.82, 2.24) is 9.88 Å². The Hall–Kier alpha value is -4.97. The number of likely N-dealkylation sites (N-methyl/N-ethyl adjacent to an activating group) is 1. The Morgan fingerprint density at radius 2 is 1.82 bits per heavy atom. The van der Waals surface area contributed by atoms with E-state index in [0.717, 1.165) is 5.39 Å². The molecule has 1 aromatic heterocycles. The molecular weight excluding hydrogens is 582 g/mol. The molecule has 1 atom stereocenters. The Bertz CT molecular complexity index is 1760. The first-order chi connectivity index (χ1) is 21.3. The third-order valence-electron chi connectivity index (χ3n) is 8.24. The minimum atomic E-state index is -2.35. The van der Waals surface area contributed by atoms with E-state index in [2.05, 4.69) is 4.98 Å². The number of aliphatic hydroxyl groups excluding tert-OH is 2. The van der Waals surface area contributed by atoms with Crippen LogP contribution < -0.4 is 14.4 Å². The Morgan fingerprint density at radius 1 is 1.09 bits per heavy atom. The van der Waals surface area contributed by atoms with Crippen molar-refractivity contribution in [2.45, 2.75) is 44.8 Å². The molecule has 1 amide bonds. The number of nitrogens with one attached hydrogen (secondary N) is 1. The number of Topliss-reactive ketones (excluding diaryl/α,β-unsaturated/α-hetero) is 1. The van der Waals surface area contributed by atoms with E-state index < -0.39 is 41.4 Å². The molecule has 0 fully saturated rings. The summed E-state index contributed by atoms with van der Waals surface area (Å²) in [6.45, 7) is 4.15. The van der Waals surface area contributed by atoms with Crippen molar-refractivity contribution in [3.05, 3.63) is 70.6 Å². The molecule has 5 rings (SSSR count). The molecule has 12 nitrogen and oxygen atoms in total. The number of aromatic amines is 1. The summed E-state index contributed by atoms with van der Waals surface area (Å²) >= 11 is 0. The molecule has 2 aliphatic rings. The van der Waals surface area contributed by atoms with Crippen molar-refractivity contribution in [3.63, 3.8) is 0 Å². The number of fused-ring (bicyclic) bond motifs is 3. The predicted octanol–water partition coefficient (Wildman–Crippen LogP) is 4.43. The molecule has 1 unspecified atom stereocenters. The van der Waals surface area contributed by atoms with Gasteiger partial charge in [0.25, 0.3) is 0 Å². The Morgan fingerprint density at radius 3 is 2.44 bits per heavy atom. The molecule has 0 saturated carbocycles. The van der Waals surface area contributed by atoms with Gasteiger partial charge in [-0.15, -0.1) is 0 Å². The number of ketones is 1. The number of hydrogen-bond donors (Lipinski definition) is 4. The summed E-state index contributed by atoms with van der Waals surface area (Å²) in [6, 6.07) is 10.3. The first-order valence-electron chi connectivity index (χ1n) is 14.4. The second-order valence-electron chi connectivity index (χ2n) is 12.0. The minimum absolute atomic E-state index is 0.0267. The first kappa shape index (κ1) is 31.5. The van der Waals surface area contributed by atoms with Crippen LogP contribution in [0.2, 0.25) is 0 Å². The topological polar surface area (TPSA) is 162 Å². The SMILES string of the molecule is COc1ccc(CC2=C(O)C(CO)(C(=O)O)N(C)C3=C2C(=O)CCN(C(=O)OC(C)(C)C)c2cc4[nH]ccc4cc23)c(OC)c1. The number of ether oxygens (including phenoxy) is 3. The molecule has 2 aliphatic heterocycles. The van der Waals surface area contributed by atoms with Crippen molar-refractivity contribution >= 4 is 40.1 Å². The summed E-state index contributed by atoms with van der Waals surface area (Å²) in [5, 5.41) is 33.8. The molecule has 0 aliphatic carbocycles. The van der Waals surface area contributed by atoms with Gasteiger partial charge in [0.2, 0.25) is 5.54 Å². The number of nitrogens with zero attached hydrogens (tertiary/aromatic N) is 2. The number of hydrogen-bond acceptors (Lipinski definition) is 9. The molecule has 2 aromatic carbocycles. The Balaban J connectivity index is 1.84. The lowest BCUT2D eigenvalue weighted by Crippen LogP contribution is -2.59. The third-order valence-corrected chi connectivity index (χ3v) is 8.24. The highest BCUT2D eigenvalue weighted by Gasteiger charge is 2.54. The molecule has 45 heavy (non-hydrogen) atoms. The average Bonchev–Trinajstić information content (AvgIpc) is 3.44. The van der Waals surface area contributed by atoms with Crippen LogP contribution >= 0.6 is 0 Å². The monoisotopic (exact) mass is 619 g/mol. The highest BCUT2D eigenvalue weighted by Crippen LogP contribution is 2.48. The number of amides is 1. The average molecular weight is 620 g/mol. The first-order valence-corrected chi connectivity index (χ1v) is 14.4. The summed E-state index contributed by atoms with van der Waals surface area (Å²) < 4.78 is 16.6. The molecule has 0 bridgehead atoms. The van der Waals surface area contributed by atoms with Gasteiger partial charge in [-0.3, -0.25) is 9.69 Å². The normalized spacial score (nSPS) is 18.8. The number of carbonyl (C=O) groups is 3. The van der Waals surface area contributed by atoms with E-state index in [0.29, 0.717) is 33.8 Å². The van der Waals surface area contributed by atoms with E-state index in [9.17, 15) is 29.7 Å². The van der Waals surface area contributed by atoms with Crippen LogP contribution in [-0.2, 0) is 20.7 Å². The highest BCUT2D eigenvalue weighted by molar-refractivity contribution is 6.12. The van der Waals surface area contributed by atoms with E-state index in [1.165, 1.54) is 31.1 Å². The fraction of sp³-hybridized carbons (Fsp3) is 0.364. The van der Waals surface area contributed by atoms with Gasteiger partial charge < -0.3 is 39.4 Å². The maximum absolute atomic E-state index is 14.2. The maximum atomic E-state index is 14.2. The van der Waals surface area contributed by atoms with Crippen LogP contribution in [0.1, 0.15) is 38.3 Å². The number of allylic oxidation sites excluding steroid dienone is 2. The van der Waals surface area contributed by atoms with Crippen molar-refractivity contribution < 1.29 is 43.9 Å². The van der Waals surface area contributed by atoms with Crippen molar-refractivity contribution in [3.8, 4) is 11.5 Å². The summed E-state index contributed by atoms with van der Waals surface area (Å²) in [7, 11) is 4.37. The predicted molar refractivity (Wildman–Crippen MR) is 167 cm³/mol. The molecular formula is C33H37N3O9. The Kier molecular flexibility index (Phi) is 8.05. The van der Waals surface area contributed by atoms with Gasteiger partial charge in [0.15, 0.2) is 5.78 Å². The van der Waals surface area contributed by atoms with Crippen LogP contribution in [0.3, 0.4) is 0 Å². The van der Waals surface area contributed by atoms with Crippen molar-refractivity contribution in [1.29, 1.82) is 0 Å². The van der Waals surface area contributed by atoms with Crippen molar-refractivity contribution in [2.24, 2.45) is 0 Å². The highest BCUT2D eigenvalue weighted by atomic mass is 16.6. The minimum Gasteiger partial charge on any atom is -0.509 e. The number of anilines is 1. The number of H-pyrrole nitrogens is 1. The number of carboxylic acid groups (broad SMARTS) is 1. The molecule has 12 heteroatoms. The largest absolute Gasteiger partial charge is 0.509 e. The number of aliphatic carboxylic acids is 1. The van der Waals surface area contributed by atoms with Crippen LogP contribution in [0, 0.1) is 0 Å². The second kappa shape index (κ2) is 11.5. The summed E-state index contributed by atoms with van der Waals surface area (Å²) in [5.41, 5.74) is -0.978. The molecule has 0 saturated heterocycles. The molecule has 3 heterocycles. The van der Waals surface area contributed by atoms with E-state index in [1.807, 2.05) is 6.07 Å². The van der Waals surface area contributed by atoms with Crippen LogP contribution in [-0.4, -0.2) is 88.6 Å². The zero-order valence-corrected chi connectivity index (χ0v) is 26.1. The number of rotatable bonds is 6. The van der Waals surface area contributed by atoms with Gasteiger partial charge >= 0.3 is 12.1 Å². The molecule has 0 spiro atoms. The third kappa shape index (κ3) is 5.24. The van der Waals surface area contributed by atoms with Crippen molar-refractivity contribution in [2.75, 3.05) is 39.3 Å². The molecule has 4 N–H and O–H groups in total. The zero-order valence-electron chi connectivity index (χ0n) is 26.1. The van der Waals surface area contributed by atoms with Gasteiger partial charge in [-0.25, -0.2) is 9.59 Å². The maximum Gasteiger partial charge on any atom is 0.414 e. The fourth-order valence-corrected chi connectivity index (χ4v) is 5.97. The Labute approximate surface area is 260 Å². The number of methoxy groups -OCH3 is 2. The van der Waals surface area contributed by atoms with Gasteiger partial charge in [-0.1, -0.05) is 6.07 Å². The number of carbonyl (C=O) groups excluding carboxylic acids is 2. The number of aromatic nitrogens is 1. The summed E-state index contributed by atoms with van der Waals surface area (Å²) in [4.78, 5) is 46.5. The standard InChI is InChI=1S/C33H37N3O9/c1-32(2,3)45-31(42)36-12-10-25(38)27-22(14-19-7-8-20(43-5)15-26(19)44-6)29(39)33(17-37,30(40)41)35(4)28(27)21-13-18-9-11-34-23(18)16-24(21)36/h7-9,11,13,15-16,34,37,39H,10,12,14,17H2,1-6H3,(H,40,41). The molecule has 238 valence electrons. The van der Waals surface area contributed by atoms with E-state index >= 15 is 0 Å². The second-order valence-corrected chi connectivity index (χ2v) is 12.0. The molecule has 3 aromatic rings. The number of carboxylic acids is 1. The number of benzene rings is 2. The van der Waals surface area contributed by atoms with E-state index in [1.54, 1.807) is 57.3 Å². The van der Waals surface area contributed by atoms with Gasteiger partial charge in [0.1, 0.15) is 22.9 Å². The van der Waals surface area contributed by atoms with Gasteiger partial charge in [0, 0.05) is 66.3 Å².